The van der Waals surface area contributed by atoms with Crippen molar-refractivity contribution in [3.63, 3.8) is 0 Å². The first kappa shape index (κ1) is 26.3. The molecule has 0 aliphatic carbocycles. The third-order valence-electron chi connectivity index (χ3n) is 6.57. The molecular formula is C35H33N3. The quantitative estimate of drug-likeness (QED) is 0.228. The van der Waals surface area contributed by atoms with Crippen molar-refractivity contribution in [1.29, 1.82) is 5.26 Å². The summed E-state index contributed by atoms with van der Waals surface area (Å²) in [6.07, 6.45) is 6.33. The summed E-state index contributed by atoms with van der Waals surface area (Å²) in [5.41, 5.74) is 10.6. The van der Waals surface area contributed by atoms with Gasteiger partial charge in [0.05, 0.1) is 11.6 Å². The fourth-order valence-corrected chi connectivity index (χ4v) is 4.54. The highest BCUT2D eigenvalue weighted by atomic mass is 15.1. The predicted molar refractivity (Wildman–Crippen MR) is 163 cm³/mol. The third-order valence-corrected chi connectivity index (χ3v) is 6.57. The molecule has 3 heteroatoms. The lowest BCUT2D eigenvalue weighted by atomic mass is 10.0. The van der Waals surface area contributed by atoms with Crippen molar-refractivity contribution in [3.8, 4) is 17.2 Å². The van der Waals surface area contributed by atoms with Crippen LogP contribution < -0.4 is 9.80 Å². The van der Waals surface area contributed by atoms with Gasteiger partial charge in [-0.2, -0.15) is 5.26 Å². The predicted octanol–water partition coefficient (Wildman–Crippen LogP) is 9.64. The first-order valence-electron chi connectivity index (χ1n) is 12.7. The molecule has 0 spiro atoms. The second-order valence-corrected chi connectivity index (χ2v) is 9.18. The molecule has 0 unspecified atom stereocenters. The van der Waals surface area contributed by atoms with E-state index >= 15 is 0 Å². The van der Waals surface area contributed by atoms with Gasteiger partial charge in [0.25, 0.3) is 0 Å². The molecule has 0 saturated heterocycles. The van der Waals surface area contributed by atoms with Gasteiger partial charge in [0.1, 0.15) is 0 Å². The zero-order chi connectivity index (χ0) is 27.1. The van der Waals surface area contributed by atoms with Crippen LogP contribution in [0, 0.1) is 11.3 Å². The van der Waals surface area contributed by atoms with E-state index in [1.165, 1.54) is 11.1 Å². The Kier molecular flexibility index (Phi) is 8.26. The van der Waals surface area contributed by atoms with Crippen molar-refractivity contribution < 1.29 is 0 Å². The zero-order valence-corrected chi connectivity index (χ0v) is 22.5. The summed E-state index contributed by atoms with van der Waals surface area (Å²) in [6.45, 7) is 10.4. The molecule has 0 aliphatic heterocycles. The molecule has 0 heterocycles. The maximum atomic E-state index is 9.04. The lowest BCUT2D eigenvalue weighted by Crippen LogP contribution is -2.13. The molecule has 0 saturated carbocycles. The Hall–Kier alpha value is -4.81. The number of anilines is 4. The summed E-state index contributed by atoms with van der Waals surface area (Å²) in [5, 5.41) is 9.04. The third kappa shape index (κ3) is 5.77. The Balaban J connectivity index is 1.56. The van der Waals surface area contributed by atoms with Crippen molar-refractivity contribution >= 4 is 28.3 Å². The second-order valence-electron chi connectivity index (χ2n) is 9.18. The van der Waals surface area contributed by atoms with Crippen LogP contribution in [-0.2, 0) is 0 Å². The van der Waals surface area contributed by atoms with Crippen LogP contribution in [0.5, 0.6) is 0 Å². The van der Waals surface area contributed by atoms with Crippen LogP contribution in [0.15, 0.2) is 128 Å². The minimum absolute atomic E-state index is 0.662. The van der Waals surface area contributed by atoms with Crippen molar-refractivity contribution in [3.05, 3.63) is 139 Å². The molecule has 0 radical (unpaired) electrons. The smallest absolute Gasteiger partial charge is 0.0991 e. The van der Waals surface area contributed by atoms with Gasteiger partial charge in [-0.3, -0.25) is 0 Å². The highest BCUT2D eigenvalue weighted by Gasteiger charge is 2.12. The molecule has 4 rings (SSSR count). The monoisotopic (exact) mass is 495 g/mol. The van der Waals surface area contributed by atoms with Crippen molar-refractivity contribution in [2.45, 2.75) is 20.8 Å². The Morgan fingerprint density at radius 3 is 1.82 bits per heavy atom. The topological polar surface area (TPSA) is 30.3 Å². The molecule has 0 atom stereocenters. The molecule has 0 aromatic heterocycles. The highest BCUT2D eigenvalue weighted by molar-refractivity contribution is 5.79. The maximum absolute atomic E-state index is 9.04. The zero-order valence-electron chi connectivity index (χ0n) is 22.5. The Morgan fingerprint density at radius 2 is 1.32 bits per heavy atom. The summed E-state index contributed by atoms with van der Waals surface area (Å²) in [6, 6.07) is 35.5. The minimum Gasteiger partial charge on any atom is -0.345 e. The van der Waals surface area contributed by atoms with Gasteiger partial charge >= 0.3 is 0 Å². The number of allylic oxidation sites excluding steroid dienone is 5. The van der Waals surface area contributed by atoms with E-state index in [0.29, 0.717) is 5.56 Å². The molecule has 3 nitrogen and oxygen atoms in total. The summed E-state index contributed by atoms with van der Waals surface area (Å²) in [5.74, 6) is 0. The van der Waals surface area contributed by atoms with Crippen LogP contribution >= 0.6 is 0 Å². The molecule has 0 fully saturated rings. The van der Waals surface area contributed by atoms with Crippen molar-refractivity contribution in [2.24, 2.45) is 0 Å². The van der Waals surface area contributed by atoms with Gasteiger partial charge in [0.2, 0.25) is 0 Å². The standard InChI is InChI=1S/C35H33N3/c1-6-9-28(7-2)31-10-8-11-35(24-31)38(26(3)4)34-22-16-30(17-23-34)29-14-20-33(21-15-29)37(5)32-18-12-27(25-36)13-19-32/h6-24H,3H2,1-2,4-5H3/b9-6-,28-7+. The molecule has 4 aromatic carbocycles. The Morgan fingerprint density at radius 1 is 0.763 bits per heavy atom. The molecular weight excluding hydrogens is 462 g/mol. The average Bonchev–Trinajstić information content (AvgIpc) is 2.96. The number of hydrogen-bond donors (Lipinski definition) is 0. The SMILES string of the molecule is C=C(C)N(c1ccc(-c2ccc(N(C)c3ccc(C#N)cc3)cc2)cc1)c1cccc(C(/C=C\C)=C/C)c1. The minimum atomic E-state index is 0.662. The van der Waals surface area contributed by atoms with Crippen molar-refractivity contribution in [2.75, 3.05) is 16.8 Å². The molecule has 0 aliphatic rings. The van der Waals surface area contributed by atoms with Crippen LogP contribution in [0.1, 0.15) is 31.9 Å². The largest absolute Gasteiger partial charge is 0.345 e. The van der Waals surface area contributed by atoms with Gasteiger partial charge in [-0.25, -0.2) is 0 Å². The first-order chi connectivity index (χ1) is 18.4. The van der Waals surface area contributed by atoms with E-state index < -0.39 is 0 Å². The number of nitriles is 1. The van der Waals surface area contributed by atoms with Crippen LogP contribution in [0.25, 0.3) is 16.7 Å². The van der Waals surface area contributed by atoms with E-state index in [4.69, 9.17) is 5.26 Å². The molecule has 0 amide bonds. The highest BCUT2D eigenvalue weighted by Crippen LogP contribution is 2.34. The van der Waals surface area contributed by atoms with E-state index in [0.717, 1.165) is 39.6 Å². The van der Waals surface area contributed by atoms with Crippen LogP contribution in [0.2, 0.25) is 0 Å². The summed E-state index contributed by atoms with van der Waals surface area (Å²) < 4.78 is 0. The van der Waals surface area contributed by atoms with E-state index in [9.17, 15) is 0 Å². The summed E-state index contributed by atoms with van der Waals surface area (Å²) >= 11 is 0. The summed E-state index contributed by atoms with van der Waals surface area (Å²) in [7, 11) is 2.03. The lowest BCUT2D eigenvalue weighted by molar-refractivity contribution is 1.17. The molecule has 4 aromatic rings. The Labute approximate surface area is 226 Å². The average molecular weight is 496 g/mol. The number of hydrogen-bond acceptors (Lipinski definition) is 3. The number of nitrogens with zero attached hydrogens (tertiary/aromatic N) is 3. The molecule has 188 valence electrons. The van der Waals surface area contributed by atoms with Gasteiger partial charge in [0, 0.05) is 35.5 Å². The first-order valence-corrected chi connectivity index (χ1v) is 12.7. The van der Waals surface area contributed by atoms with E-state index in [1.54, 1.807) is 0 Å². The van der Waals surface area contributed by atoms with Gasteiger partial charge in [0.15, 0.2) is 0 Å². The molecule has 0 N–H and O–H groups in total. The fourth-order valence-electron chi connectivity index (χ4n) is 4.54. The van der Waals surface area contributed by atoms with Gasteiger partial charge in [-0.15, -0.1) is 0 Å². The lowest BCUT2D eigenvalue weighted by Gasteiger charge is -2.26. The van der Waals surface area contributed by atoms with Crippen LogP contribution in [-0.4, -0.2) is 7.05 Å². The normalized spacial score (nSPS) is 11.3. The van der Waals surface area contributed by atoms with E-state index in [2.05, 4.69) is 120 Å². The molecule has 0 bridgehead atoms. The Bertz CT molecular complexity index is 1500. The van der Waals surface area contributed by atoms with Crippen molar-refractivity contribution in [1.82, 2.24) is 0 Å². The van der Waals surface area contributed by atoms with Gasteiger partial charge < -0.3 is 9.80 Å². The van der Waals surface area contributed by atoms with Gasteiger partial charge in [-0.1, -0.05) is 61.2 Å². The number of benzene rings is 4. The van der Waals surface area contributed by atoms with E-state index in [1.807, 2.05) is 45.2 Å². The summed E-state index contributed by atoms with van der Waals surface area (Å²) in [4.78, 5) is 4.30. The van der Waals surface area contributed by atoms with Crippen LogP contribution in [0.3, 0.4) is 0 Å². The molecule has 38 heavy (non-hydrogen) atoms. The van der Waals surface area contributed by atoms with Gasteiger partial charge in [-0.05, 0) is 104 Å². The number of rotatable bonds is 8. The maximum Gasteiger partial charge on any atom is 0.0991 e. The van der Waals surface area contributed by atoms with E-state index in [-0.39, 0.29) is 0 Å². The second kappa shape index (κ2) is 12.0. The van der Waals surface area contributed by atoms with Crippen LogP contribution in [0.4, 0.5) is 22.7 Å². The fraction of sp³-hybridized carbons (Fsp3) is 0.114.